The minimum Gasteiger partial charge on any atom is -0.329 e. The van der Waals surface area contributed by atoms with Crippen molar-refractivity contribution in [1.29, 1.82) is 0 Å². The molecule has 18 heavy (non-hydrogen) atoms. The van der Waals surface area contributed by atoms with Crippen molar-refractivity contribution in [2.24, 2.45) is 11.1 Å². The fraction of sp³-hybridized carbons (Fsp3) is 0.600. The van der Waals surface area contributed by atoms with Crippen molar-refractivity contribution in [3.05, 3.63) is 29.3 Å². The fourth-order valence-electron chi connectivity index (χ4n) is 3.10. The molecule has 0 bridgehead atoms. The highest BCUT2D eigenvalue weighted by molar-refractivity contribution is 8.00. The lowest BCUT2D eigenvalue weighted by Gasteiger charge is -2.55. The molecule has 3 heteroatoms. The lowest BCUT2D eigenvalue weighted by molar-refractivity contribution is 0.0750. The maximum Gasteiger partial charge on any atom is 0.0417 e. The molecule has 1 fully saturated rings. The van der Waals surface area contributed by atoms with Crippen LogP contribution in [0, 0.1) is 5.41 Å². The first-order chi connectivity index (χ1) is 8.57. The standard InChI is InChI=1S/C15H22ClNS/c1-3-14(4-2)9-15(10-14,11-17)18-13-7-5-6-12(16)8-13/h5-8H,3-4,9-11,17H2,1-2H3. The van der Waals surface area contributed by atoms with Gasteiger partial charge >= 0.3 is 0 Å². The van der Waals surface area contributed by atoms with Gasteiger partial charge in [-0.2, -0.15) is 0 Å². The Morgan fingerprint density at radius 3 is 2.44 bits per heavy atom. The van der Waals surface area contributed by atoms with E-state index in [0.29, 0.717) is 5.41 Å². The summed E-state index contributed by atoms with van der Waals surface area (Å²) in [6, 6.07) is 8.11. The summed E-state index contributed by atoms with van der Waals surface area (Å²) in [7, 11) is 0. The van der Waals surface area contributed by atoms with Crippen LogP contribution < -0.4 is 5.73 Å². The van der Waals surface area contributed by atoms with E-state index in [0.717, 1.165) is 11.6 Å². The van der Waals surface area contributed by atoms with Crippen molar-refractivity contribution in [3.8, 4) is 0 Å². The Morgan fingerprint density at radius 1 is 1.28 bits per heavy atom. The summed E-state index contributed by atoms with van der Waals surface area (Å²) in [6.07, 6.45) is 5.00. The molecule has 100 valence electrons. The number of benzene rings is 1. The van der Waals surface area contributed by atoms with E-state index in [1.807, 2.05) is 30.0 Å². The zero-order valence-electron chi connectivity index (χ0n) is 11.2. The van der Waals surface area contributed by atoms with Crippen LogP contribution in [0.25, 0.3) is 0 Å². The van der Waals surface area contributed by atoms with Gasteiger partial charge in [-0.1, -0.05) is 44.4 Å². The van der Waals surface area contributed by atoms with Crippen molar-refractivity contribution in [1.82, 2.24) is 0 Å². The van der Waals surface area contributed by atoms with E-state index >= 15 is 0 Å². The van der Waals surface area contributed by atoms with Crippen LogP contribution >= 0.6 is 23.4 Å². The van der Waals surface area contributed by atoms with E-state index < -0.39 is 0 Å². The van der Waals surface area contributed by atoms with E-state index in [2.05, 4.69) is 19.9 Å². The van der Waals surface area contributed by atoms with Gasteiger partial charge in [0.2, 0.25) is 0 Å². The van der Waals surface area contributed by atoms with E-state index in [4.69, 9.17) is 17.3 Å². The Labute approximate surface area is 119 Å². The maximum absolute atomic E-state index is 6.04. The molecule has 2 N–H and O–H groups in total. The molecule has 0 aromatic heterocycles. The van der Waals surface area contributed by atoms with Crippen LogP contribution in [0.15, 0.2) is 29.2 Å². The predicted molar refractivity (Wildman–Crippen MR) is 81.3 cm³/mol. The van der Waals surface area contributed by atoms with Gasteiger partial charge in [0, 0.05) is 21.2 Å². The predicted octanol–water partition coefficient (Wildman–Crippen LogP) is 4.73. The fourth-order valence-corrected chi connectivity index (χ4v) is 5.03. The number of rotatable bonds is 5. The van der Waals surface area contributed by atoms with E-state index in [1.54, 1.807) is 0 Å². The third-order valence-electron chi connectivity index (χ3n) is 4.40. The maximum atomic E-state index is 6.04. The Hall–Kier alpha value is -0.180. The van der Waals surface area contributed by atoms with Crippen molar-refractivity contribution >= 4 is 23.4 Å². The number of nitrogens with two attached hydrogens (primary N) is 1. The molecular formula is C15H22ClNS. The van der Waals surface area contributed by atoms with Gasteiger partial charge in [-0.05, 0) is 36.5 Å². The van der Waals surface area contributed by atoms with Gasteiger partial charge in [0.15, 0.2) is 0 Å². The summed E-state index contributed by atoms with van der Waals surface area (Å²) in [5.74, 6) is 0. The number of hydrogen-bond acceptors (Lipinski definition) is 2. The number of hydrogen-bond donors (Lipinski definition) is 1. The SMILES string of the molecule is CCC1(CC)CC(CN)(Sc2cccc(Cl)c2)C1. The molecule has 1 aromatic rings. The number of halogens is 1. The summed E-state index contributed by atoms with van der Waals surface area (Å²) in [6.45, 7) is 5.36. The minimum atomic E-state index is 0.233. The summed E-state index contributed by atoms with van der Waals surface area (Å²) in [5.41, 5.74) is 6.56. The normalized spacial score (nSPS) is 20.4. The van der Waals surface area contributed by atoms with Gasteiger partial charge in [0.05, 0.1) is 0 Å². The van der Waals surface area contributed by atoms with Gasteiger partial charge in [-0.15, -0.1) is 11.8 Å². The second-order valence-corrected chi connectivity index (χ2v) is 7.49. The first kappa shape index (κ1) is 14.2. The van der Waals surface area contributed by atoms with Crippen molar-refractivity contribution < 1.29 is 0 Å². The van der Waals surface area contributed by atoms with E-state index in [1.165, 1.54) is 30.6 Å². The molecule has 1 aliphatic carbocycles. The van der Waals surface area contributed by atoms with Gasteiger partial charge in [0.1, 0.15) is 0 Å². The zero-order chi connectivity index (χ0) is 13.2. The number of thioether (sulfide) groups is 1. The average Bonchev–Trinajstić information content (AvgIpc) is 2.33. The Bertz CT molecular complexity index is 407. The molecule has 1 aliphatic rings. The van der Waals surface area contributed by atoms with Crippen LogP contribution in [-0.2, 0) is 0 Å². The summed E-state index contributed by atoms with van der Waals surface area (Å²) < 4.78 is 0.233. The van der Waals surface area contributed by atoms with Gasteiger partial charge in [0.25, 0.3) is 0 Å². The monoisotopic (exact) mass is 283 g/mol. The minimum absolute atomic E-state index is 0.233. The summed E-state index contributed by atoms with van der Waals surface area (Å²) >= 11 is 7.96. The lowest BCUT2D eigenvalue weighted by atomic mass is 9.58. The van der Waals surface area contributed by atoms with Crippen LogP contribution in [0.5, 0.6) is 0 Å². The molecular weight excluding hydrogens is 262 g/mol. The molecule has 0 saturated heterocycles. The first-order valence-corrected chi connectivity index (χ1v) is 7.91. The van der Waals surface area contributed by atoms with E-state index in [-0.39, 0.29) is 4.75 Å². The summed E-state index contributed by atoms with van der Waals surface area (Å²) in [4.78, 5) is 1.24. The third-order valence-corrected chi connectivity index (χ3v) is 6.01. The zero-order valence-corrected chi connectivity index (χ0v) is 12.8. The summed E-state index contributed by atoms with van der Waals surface area (Å²) in [5, 5.41) is 0.809. The Kier molecular flexibility index (Phi) is 4.30. The van der Waals surface area contributed by atoms with Crippen molar-refractivity contribution in [2.45, 2.75) is 49.2 Å². The molecule has 0 atom stereocenters. The second-order valence-electron chi connectivity index (χ2n) is 5.51. The van der Waals surface area contributed by atoms with Crippen LogP contribution in [0.1, 0.15) is 39.5 Å². The van der Waals surface area contributed by atoms with Crippen LogP contribution in [0.2, 0.25) is 5.02 Å². The highest BCUT2D eigenvalue weighted by atomic mass is 35.5. The highest BCUT2D eigenvalue weighted by Gasteiger charge is 2.52. The second kappa shape index (κ2) is 5.44. The molecule has 0 radical (unpaired) electrons. The Balaban J connectivity index is 2.08. The van der Waals surface area contributed by atoms with Gasteiger partial charge in [-0.25, -0.2) is 0 Å². The van der Waals surface area contributed by atoms with Crippen LogP contribution in [0.3, 0.4) is 0 Å². The molecule has 0 heterocycles. The van der Waals surface area contributed by atoms with Crippen LogP contribution in [0.4, 0.5) is 0 Å². The molecule has 0 amide bonds. The Morgan fingerprint density at radius 2 is 1.94 bits per heavy atom. The average molecular weight is 284 g/mol. The first-order valence-electron chi connectivity index (χ1n) is 6.72. The molecule has 0 unspecified atom stereocenters. The molecule has 1 saturated carbocycles. The third kappa shape index (κ3) is 2.71. The lowest BCUT2D eigenvalue weighted by Crippen LogP contribution is -2.53. The topological polar surface area (TPSA) is 26.0 Å². The van der Waals surface area contributed by atoms with Crippen molar-refractivity contribution in [3.63, 3.8) is 0 Å². The molecule has 2 rings (SSSR count). The van der Waals surface area contributed by atoms with Gasteiger partial charge in [-0.3, -0.25) is 0 Å². The van der Waals surface area contributed by atoms with Gasteiger partial charge < -0.3 is 5.73 Å². The van der Waals surface area contributed by atoms with Crippen molar-refractivity contribution in [2.75, 3.05) is 6.54 Å². The molecule has 1 nitrogen and oxygen atoms in total. The van der Waals surface area contributed by atoms with Crippen LogP contribution in [-0.4, -0.2) is 11.3 Å². The largest absolute Gasteiger partial charge is 0.329 e. The smallest absolute Gasteiger partial charge is 0.0417 e. The quantitative estimate of drug-likeness (QED) is 0.845. The molecule has 1 aromatic carbocycles. The van der Waals surface area contributed by atoms with E-state index in [9.17, 15) is 0 Å². The molecule has 0 spiro atoms. The highest BCUT2D eigenvalue weighted by Crippen LogP contribution is 2.60. The molecule has 0 aliphatic heterocycles.